The van der Waals surface area contributed by atoms with Crippen LogP contribution in [0, 0.1) is 114 Å². The number of rotatable bonds is 0. The molecule has 0 N–H and O–H groups in total. The van der Waals surface area contributed by atoms with Crippen LogP contribution in [0.3, 0.4) is 0 Å². The molecule has 4 aromatic carbocycles. The van der Waals surface area contributed by atoms with Crippen molar-refractivity contribution >= 4 is 0 Å². The lowest BCUT2D eigenvalue weighted by Crippen LogP contribution is -2.27. The van der Waals surface area contributed by atoms with Crippen LogP contribution >= 0.6 is 0 Å². The van der Waals surface area contributed by atoms with Crippen LogP contribution < -0.4 is 0 Å². The highest BCUT2D eigenvalue weighted by Crippen LogP contribution is 2.27. The Morgan fingerprint density at radius 2 is 0.553 bits per heavy atom. The molecule has 0 amide bonds. The topological polar surface area (TPSA) is 55.4 Å². The summed E-state index contributed by atoms with van der Waals surface area (Å²) in [5.41, 5.74) is 6.72. The van der Waals surface area contributed by atoms with Crippen molar-refractivity contribution in [3.8, 4) is 0 Å². The third kappa shape index (κ3) is 35.0. The summed E-state index contributed by atoms with van der Waals surface area (Å²) < 4.78 is 81.8. The van der Waals surface area contributed by atoms with E-state index in [9.17, 15) is 17.6 Å². The quantitative estimate of drug-likeness (QED) is 0.164. The molecule has 2 unspecified atom stereocenters. The molecule has 1 aliphatic carbocycles. The lowest BCUT2D eigenvalue weighted by molar-refractivity contribution is -0.187. The highest BCUT2D eigenvalue weighted by molar-refractivity contribution is 5.24. The molecule has 4 aromatic rings. The Kier molecular flexibility index (Phi) is 36.7. The van der Waals surface area contributed by atoms with Crippen molar-refractivity contribution in [2.24, 2.45) is 35.5 Å². The lowest BCUT2D eigenvalue weighted by atomic mass is 9.84. The van der Waals surface area contributed by atoms with Crippen LogP contribution in [-0.2, 0) is 28.4 Å². The van der Waals surface area contributed by atoms with Gasteiger partial charge >= 0.3 is 0 Å². The molecule has 4 atom stereocenters. The van der Waals surface area contributed by atoms with Crippen LogP contribution in [0.25, 0.3) is 0 Å². The minimum Gasteiger partial charge on any atom is -0.378 e. The fraction of sp³-hybridized carbons (Fsp3) is 0.636. The minimum atomic E-state index is -0.475. The van der Waals surface area contributed by atoms with Gasteiger partial charge in [0, 0.05) is 30.6 Å². The van der Waals surface area contributed by atoms with Gasteiger partial charge in [-0.3, -0.25) is 0 Å². The van der Waals surface area contributed by atoms with E-state index in [1.54, 1.807) is 32.9 Å². The number of benzene rings is 4. The normalized spacial score (nSPS) is 25.5. The number of halogens is 4. The van der Waals surface area contributed by atoms with E-state index >= 15 is 0 Å². The SMILES string of the molecule is CC1CCC(C)CC1.CC1CCC(C)OC1.CC1COC(C)OC1.CC1COC(C)OC1.C[C@H]1CC[C@@H](C)OC1.Cc1cc(F)c(C)c(F)c1.Cc1ccc(C)c(F)c1.Cc1ccc(C)c(F)c1.Cc1ccc(C)cc1. The second-order valence-corrected chi connectivity index (χ2v) is 22.7. The van der Waals surface area contributed by atoms with E-state index < -0.39 is 11.6 Å². The van der Waals surface area contributed by atoms with Crippen molar-refractivity contribution in [2.45, 2.75) is 201 Å². The Hall–Kier alpha value is -3.64. The predicted octanol–water partition coefficient (Wildman–Crippen LogP) is 18.3. The first kappa shape index (κ1) is 70.4. The molecule has 0 aromatic heterocycles. The van der Waals surface area contributed by atoms with Crippen LogP contribution in [0.4, 0.5) is 17.6 Å². The summed E-state index contributed by atoms with van der Waals surface area (Å²) in [7, 11) is 0. The molecule has 9 rings (SSSR count). The van der Waals surface area contributed by atoms with Gasteiger partial charge in [0.25, 0.3) is 0 Å². The van der Waals surface area contributed by atoms with Gasteiger partial charge in [-0.2, -0.15) is 0 Å². The minimum absolute atomic E-state index is 0.0196. The van der Waals surface area contributed by atoms with Crippen LogP contribution in [0.15, 0.2) is 72.8 Å². The summed E-state index contributed by atoms with van der Waals surface area (Å²) >= 11 is 0. The third-order valence-electron chi connectivity index (χ3n) is 13.5. The Bertz CT molecular complexity index is 1820. The predicted molar refractivity (Wildman–Crippen MR) is 309 cm³/mol. The van der Waals surface area contributed by atoms with Gasteiger partial charge in [0.1, 0.15) is 23.3 Å². The van der Waals surface area contributed by atoms with Gasteiger partial charge in [0.15, 0.2) is 12.6 Å². The Balaban J connectivity index is 0.000000428. The summed E-state index contributed by atoms with van der Waals surface area (Å²) in [6, 6.07) is 21.6. The Morgan fingerprint density at radius 1 is 0.289 bits per heavy atom. The molecular formula is C66H104F4O6. The van der Waals surface area contributed by atoms with Crippen LogP contribution in [0.2, 0.25) is 0 Å². The summed E-state index contributed by atoms with van der Waals surface area (Å²) in [5, 5.41) is 0. The molecule has 0 spiro atoms. The fourth-order valence-corrected chi connectivity index (χ4v) is 7.65. The van der Waals surface area contributed by atoms with Crippen molar-refractivity contribution in [1.29, 1.82) is 0 Å². The van der Waals surface area contributed by atoms with E-state index in [0.29, 0.717) is 40.7 Å². The zero-order valence-corrected chi connectivity index (χ0v) is 50.6. The van der Waals surface area contributed by atoms with E-state index in [1.165, 1.54) is 93.7 Å². The Labute approximate surface area is 460 Å². The molecule has 0 radical (unpaired) electrons. The summed E-state index contributed by atoms with van der Waals surface area (Å²) in [6.07, 6.45) is 12.2. The average molecular weight is 1070 g/mol. The highest BCUT2D eigenvalue weighted by Gasteiger charge is 2.17. The van der Waals surface area contributed by atoms with E-state index in [0.717, 1.165) is 74.4 Å². The average Bonchev–Trinajstić information content (AvgIpc) is 3.38. The largest absolute Gasteiger partial charge is 0.378 e. The van der Waals surface area contributed by atoms with E-state index in [1.807, 2.05) is 39.8 Å². The first-order chi connectivity index (χ1) is 35.7. The molecule has 4 saturated heterocycles. The molecule has 76 heavy (non-hydrogen) atoms. The van der Waals surface area contributed by atoms with Crippen molar-refractivity contribution in [3.05, 3.63) is 141 Å². The molecule has 0 bridgehead atoms. The van der Waals surface area contributed by atoms with Gasteiger partial charge < -0.3 is 28.4 Å². The molecule has 5 fully saturated rings. The molecule has 432 valence electrons. The first-order valence-electron chi connectivity index (χ1n) is 28.3. The Morgan fingerprint density at radius 3 is 0.789 bits per heavy atom. The smallest absolute Gasteiger partial charge is 0.154 e. The summed E-state index contributed by atoms with van der Waals surface area (Å²) in [4.78, 5) is 0. The van der Waals surface area contributed by atoms with Crippen molar-refractivity contribution < 1.29 is 46.0 Å². The van der Waals surface area contributed by atoms with E-state index in [-0.39, 0.29) is 29.8 Å². The van der Waals surface area contributed by atoms with Gasteiger partial charge in [-0.15, -0.1) is 0 Å². The number of ether oxygens (including phenoxy) is 6. The zero-order chi connectivity index (χ0) is 57.3. The molecule has 10 heteroatoms. The second kappa shape index (κ2) is 39.7. The highest BCUT2D eigenvalue weighted by atomic mass is 19.1. The zero-order valence-electron chi connectivity index (χ0n) is 50.6. The number of hydrogen-bond donors (Lipinski definition) is 0. The fourth-order valence-electron chi connectivity index (χ4n) is 7.65. The summed E-state index contributed by atoms with van der Waals surface area (Å²) in [5.74, 6) is 3.60. The van der Waals surface area contributed by atoms with Gasteiger partial charge in [-0.05, 0) is 185 Å². The second-order valence-electron chi connectivity index (χ2n) is 22.7. The third-order valence-corrected chi connectivity index (χ3v) is 13.5. The summed E-state index contributed by atoms with van der Waals surface area (Å²) in [6.45, 7) is 41.5. The van der Waals surface area contributed by atoms with Crippen molar-refractivity contribution in [3.63, 3.8) is 0 Å². The molecule has 4 aliphatic heterocycles. The first-order valence-corrected chi connectivity index (χ1v) is 28.3. The van der Waals surface area contributed by atoms with Gasteiger partial charge in [-0.25, -0.2) is 17.6 Å². The van der Waals surface area contributed by atoms with Crippen LogP contribution in [0.1, 0.15) is 165 Å². The van der Waals surface area contributed by atoms with Crippen LogP contribution in [0.5, 0.6) is 0 Å². The maximum atomic E-state index is 12.6. The van der Waals surface area contributed by atoms with E-state index in [2.05, 4.69) is 93.5 Å². The van der Waals surface area contributed by atoms with Gasteiger partial charge in [0.2, 0.25) is 0 Å². The number of hydrogen-bond acceptors (Lipinski definition) is 6. The van der Waals surface area contributed by atoms with Gasteiger partial charge in [0.05, 0.1) is 38.6 Å². The molecule has 5 aliphatic rings. The van der Waals surface area contributed by atoms with E-state index in [4.69, 9.17) is 28.4 Å². The van der Waals surface area contributed by atoms with Gasteiger partial charge in [-0.1, -0.05) is 127 Å². The monoisotopic (exact) mass is 1070 g/mol. The molecular weight excluding hydrogens is 965 g/mol. The number of aryl methyl sites for hydroxylation is 7. The maximum Gasteiger partial charge on any atom is 0.154 e. The molecule has 6 nitrogen and oxygen atoms in total. The molecule has 1 saturated carbocycles. The standard InChI is InChI=1S/C8H8F2.2C8H9F.C8H16.C8H10.2C7H14O.2C6H12O2/c1-5-3-7(9)6(2)8(10)4-5;2*1-6-3-4-7(2)8(9)5-6;2*1-7-3-5-8(2)6-4-7;2*1-6-3-4-7(2)8-5-6;2*1-5-3-7-6(2)8-4-5/h3-4H,1-2H3;2*3-5H,1-2H3;7-8H,3-6H2,1-2H3;3-6H,1-2H3;2*6-7H,3-5H2,1-2H3;2*5-6H,3-4H2,1-2H3/t;;;;;6-,7+;;;/m.....0.../s1. The molecule has 4 heterocycles. The van der Waals surface area contributed by atoms with Crippen molar-refractivity contribution in [2.75, 3.05) is 39.6 Å². The lowest BCUT2D eigenvalue weighted by Gasteiger charge is -2.24. The maximum absolute atomic E-state index is 12.6. The van der Waals surface area contributed by atoms with Crippen LogP contribution in [-0.4, -0.2) is 64.4 Å². The van der Waals surface area contributed by atoms with Crippen molar-refractivity contribution in [1.82, 2.24) is 0 Å².